The van der Waals surface area contributed by atoms with E-state index in [1.54, 1.807) is 0 Å². The standard InChI is InChI=1S/C14H24O3/c1-13(2)12(17-13)6-7-14(3,15)9-4-5-10-11(8-9)16-10/h9-12,15H,4-8H2,1-3H3. The Kier molecular flexibility index (Phi) is 2.59. The summed E-state index contributed by atoms with van der Waals surface area (Å²) in [7, 11) is 0. The predicted molar refractivity (Wildman–Crippen MR) is 64.8 cm³/mol. The normalized spacial score (nSPS) is 45.9. The Hall–Kier alpha value is -0.120. The summed E-state index contributed by atoms with van der Waals surface area (Å²) in [6, 6.07) is 0. The van der Waals surface area contributed by atoms with E-state index in [-0.39, 0.29) is 5.60 Å². The van der Waals surface area contributed by atoms with E-state index in [1.165, 1.54) is 0 Å². The highest BCUT2D eigenvalue weighted by molar-refractivity contribution is 5.00. The Bertz CT molecular complexity index is 311. The second-order valence-electron chi connectivity index (χ2n) is 6.83. The van der Waals surface area contributed by atoms with Crippen LogP contribution in [0.2, 0.25) is 0 Å². The third kappa shape index (κ3) is 2.38. The second kappa shape index (κ2) is 3.69. The molecule has 2 heterocycles. The maximum absolute atomic E-state index is 10.6. The number of ether oxygens (including phenoxy) is 2. The minimum absolute atomic E-state index is 0.0490. The van der Waals surface area contributed by atoms with E-state index in [1.807, 2.05) is 6.92 Å². The Morgan fingerprint density at radius 3 is 2.59 bits per heavy atom. The molecule has 0 aromatic carbocycles. The first-order valence-electron chi connectivity index (χ1n) is 6.94. The molecule has 0 amide bonds. The number of epoxide rings is 2. The van der Waals surface area contributed by atoms with E-state index in [0.29, 0.717) is 24.2 Å². The summed E-state index contributed by atoms with van der Waals surface area (Å²) in [6.45, 7) is 6.24. The molecule has 3 aliphatic rings. The molecule has 3 nitrogen and oxygen atoms in total. The second-order valence-corrected chi connectivity index (χ2v) is 6.83. The lowest BCUT2D eigenvalue weighted by molar-refractivity contribution is -0.0237. The molecule has 0 radical (unpaired) electrons. The van der Waals surface area contributed by atoms with Gasteiger partial charge >= 0.3 is 0 Å². The van der Waals surface area contributed by atoms with Gasteiger partial charge in [-0.1, -0.05) is 0 Å². The lowest BCUT2D eigenvalue weighted by atomic mass is 9.75. The fraction of sp³-hybridized carbons (Fsp3) is 1.00. The summed E-state index contributed by atoms with van der Waals surface area (Å²) in [6.07, 6.45) is 6.45. The quantitative estimate of drug-likeness (QED) is 0.767. The molecule has 0 bridgehead atoms. The molecule has 0 spiro atoms. The van der Waals surface area contributed by atoms with Crippen molar-refractivity contribution in [1.82, 2.24) is 0 Å². The number of aliphatic hydroxyl groups is 1. The maximum atomic E-state index is 10.6. The topological polar surface area (TPSA) is 45.3 Å². The van der Waals surface area contributed by atoms with Crippen molar-refractivity contribution in [2.45, 2.75) is 82.4 Å². The van der Waals surface area contributed by atoms with Crippen LogP contribution in [0.15, 0.2) is 0 Å². The molecule has 1 saturated carbocycles. The fourth-order valence-electron chi connectivity index (χ4n) is 3.34. The molecule has 3 heteroatoms. The Morgan fingerprint density at radius 2 is 2.00 bits per heavy atom. The molecule has 0 aromatic heterocycles. The van der Waals surface area contributed by atoms with E-state index >= 15 is 0 Å². The van der Waals surface area contributed by atoms with E-state index in [4.69, 9.17) is 9.47 Å². The van der Waals surface area contributed by atoms with Crippen LogP contribution in [0.5, 0.6) is 0 Å². The van der Waals surface area contributed by atoms with Crippen molar-refractivity contribution in [3.8, 4) is 0 Å². The number of hydrogen-bond donors (Lipinski definition) is 1. The van der Waals surface area contributed by atoms with Crippen LogP contribution in [-0.4, -0.2) is 34.6 Å². The lowest BCUT2D eigenvalue weighted by Crippen LogP contribution is -2.38. The average Bonchev–Trinajstić information content (AvgIpc) is 3.11. The summed E-state index contributed by atoms with van der Waals surface area (Å²) in [5.74, 6) is 0.410. The zero-order chi connectivity index (χ0) is 12.3. The van der Waals surface area contributed by atoms with E-state index in [9.17, 15) is 5.11 Å². The van der Waals surface area contributed by atoms with Crippen LogP contribution in [0.4, 0.5) is 0 Å². The van der Waals surface area contributed by atoms with Gasteiger partial charge in [0.1, 0.15) is 0 Å². The first-order chi connectivity index (χ1) is 7.88. The molecule has 3 fully saturated rings. The third-order valence-electron chi connectivity index (χ3n) is 4.96. The molecule has 1 aliphatic carbocycles. The fourth-order valence-corrected chi connectivity index (χ4v) is 3.34. The van der Waals surface area contributed by atoms with E-state index in [2.05, 4.69) is 13.8 Å². The zero-order valence-corrected chi connectivity index (χ0v) is 11.1. The largest absolute Gasteiger partial charge is 0.390 e. The highest BCUT2D eigenvalue weighted by Crippen LogP contribution is 2.46. The van der Waals surface area contributed by atoms with Gasteiger partial charge in [-0.25, -0.2) is 0 Å². The lowest BCUT2D eigenvalue weighted by Gasteiger charge is -2.34. The van der Waals surface area contributed by atoms with Crippen molar-refractivity contribution < 1.29 is 14.6 Å². The Balaban J connectivity index is 1.50. The minimum Gasteiger partial charge on any atom is -0.390 e. The molecule has 0 aromatic rings. The van der Waals surface area contributed by atoms with Crippen LogP contribution in [-0.2, 0) is 9.47 Å². The summed E-state index contributed by atoms with van der Waals surface area (Å²) in [5, 5.41) is 10.6. The van der Waals surface area contributed by atoms with Gasteiger partial charge in [-0.05, 0) is 58.8 Å². The molecule has 2 aliphatic heterocycles. The van der Waals surface area contributed by atoms with Crippen molar-refractivity contribution >= 4 is 0 Å². The summed E-state index contributed by atoms with van der Waals surface area (Å²) < 4.78 is 11.1. The first-order valence-corrected chi connectivity index (χ1v) is 6.94. The molecular formula is C14H24O3. The smallest absolute Gasteiger partial charge is 0.0892 e. The molecule has 98 valence electrons. The van der Waals surface area contributed by atoms with Crippen LogP contribution in [0.25, 0.3) is 0 Å². The van der Waals surface area contributed by atoms with Crippen molar-refractivity contribution in [3.63, 3.8) is 0 Å². The number of hydrogen-bond acceptors (Lipinski definition) is 3. The summed E-state index contributed by atoms with van der Waals surface area (Å²) in [5.41, 5.74) is -0.494. The molecular weight excluding hydrogens is 216 g/mol. The van der Waals surface area contributed by atoms with E-state index < -0.39 is 5.60 Å². The van der Waals surface area contributed by atoms with Gasteiger partial charge in [-0.2, -0.15) is 0 Å². The van der Waals surface area contributed by atoms with Crippen molar-refractivity contribution in [2.75, 3.05) is 0 Å². The van der Waals surface area contributed by atoms with Crippen LogP contribution >= 0.6 is 0 Å². The van der Waals surface area contributed by atoms with Gasteiger partial charge < -0.3 is 14.6 Å². The Morgan fingerprint density at radius 1 is 1.29 bits per heavy atom. The first kappa shape index (κ1) is 11.9. The van der Waals surface area contributed by atoms with Gasteiger partial charge in [-0.15, -0.1) is 0 Å². The van der Waals surface area contributed by atoms with Crippen LogP contribution in [0.1, 0.15) is 52.9 Å². The van der Waals surface area contributed by atoms with Gasteiger partial charge in [0, 0.05) is 0 Å². The highest BCUT2D eigenvalue weighted by Gasteiger charge is 2.51. The van der Waals surface area contributed by atoms with Gasteiger partial charge in [-0.3, -0.25) is 0 Å². The minimum atomic E-state index is -0.543. The Labute approximate surface area is 103 Å². The van der Waals surface area contributed by atoms with Crippen molar-refractivity contribution in [2.24, 2.45) is 5.92 Å². The molecule has 17 heavy (non-hydrogen) atoms. The number of fused-ring (bicyclic) bond motifs is 1. The van der Waals surface area contributed by atoms with Crippen LogP contribution < -0.4 is 0 Å². The van der Waals surface area contributed by atoms with Gasteiger partial charge in [0.2, 0.25) is 0 Å². The molecule has 5 atom stereocenters. The third-order valence-corrected chi connectivity index (χ3v) is 4.96. The van der Waals surface area contributed by atoms with Gasteiger partial charge in [0.15, 0.2) is 0 Å². The number of rotatable bonds is 4. The van der Waals surface area contributed by atoms with Crippen LogP contribution in [0.3, 0.4) is 0 Å². The van der Waals surface area contributed by atoms with Gasteiger partial charge in [0.05, 0.1) is 29.5 Å². The van der Waals surface area contributed by atoms with Crippen LogP contribution in [0, 0.1) is 5.92 Å². The van der Waals surface area contributed by atoms with Gasteiger partial charge in [0.25, 0.3) is 0 Å². The molecule has 3 rings (SSSR count). The van der Waals surface area contributed by atoms with Crippen molar-refractivity contribution in [1.29, 1.82) is 0 Å². The molecule has 5 unspecified atom stereocenters. The monoisotopic (exact) mass is 240 g/mol. The van der Waals surface area contributed by atoms with Crippen molar-refractivity contribution in [3.05, 3.63) is 0 Å². The summed E-state index contributed by atoms with van der Waals surface area (Å²) >= 11 is 0. The van der Waals surface area contributed by atoms with E-state index in [0.717, 1.165) is 32.1 Å². The zero-order valence-electron chi connectivity index (χ0n) is 11.1. The maximum Gasteiger partial charge on any atom is 0.0892 e. The molecule has 1 N–H and O–H groups in total. The summed E-state index contributed by atoms with van der Waals surface area (Å²) in [4.78, 5) is 0. The highest BCUT2D eigenvalue weighted by atomic mass is 16.6. The molecule has 2 saturated heterocycles. The SMILES string of the molecule is CC(O)(CCC1OC1(C)C)C1CCC2OC2C1. The average molecular weight is 240 g/mol. The predicted octanol–water partition coefficient (Wildman–Crippen LogP) is 2.26.